The molecular weight excluding hydrogens is 410 g/mol. The number of urea groups is 1. The number of benzene rings is 1. The van der Waals surface area contributed by atoms with Crippen LogP contribution in [-0.2, 0) is 5.54 Å². The van der Waals surface area contributed by atoms with E-state index in [1.807, 2.05) is 13.1 Å². The summed E-state index contributed by atoms with van der Waals surface area (Å²) >= 11 is 0. The Bertz CT molecular complexity index is 1010. The minimum Gasteiger partial charge on any atom is -0.370 e. The Kier molecular flexibility index (Phi) is 6.41. The van der Waals surface area contributed by atoms with E-state index in [2.05, 4.69) is 73.1 Å². The topological polar surface area (TPSA) is 65.7 Å². The lowest BCUT2D eigenvalue weighted by atomic mass is 9.65. The normalized spacial score (nSPS) is 25.1. The summed E-state index contributed by atoms with van der Waals surface area (Å²) in [7, 11) is 4.38. The Labute approximate surface area is 198 Å². The van der Waals surface area contributed by atoms with E-state index in [1.54, 1.807) is 4.90 Å². The van der Waals surface area contributed by atoms with Gasteiger partial charge in [0.15, 0.2) is 0 Å². The zero-order valence-corrected chi connectivity index (χ0v) is 20.9. The van der Waals surface area contributed by atoms with Gasteiger partial charge in [0, 0.05) is 25.2 Å². The van der Waals surface area contributed by atoms with Crippen LogP contribution in [0, 0.1) is 19.3 Å². The lowest BCUT2D eigenvalue weighted by Gasteiger charge is -2.50. The second kappa shape index (κ2) is 8.98. The molecule has 2 N–H and O–H groups in total. The third kappa shape index (κ3) is 4.58. The SMILES string of the molecule is Cc1cccc(C2(N(C)C)CCC(C)(CN(C(N)=O)c3ncc(N4CCC4)cc3C)CC2)c1. The number of rotatable bonds is 6. The quantitative estimate of drug-likeness (QED) is 0.686. The van der Waals surface area contributed by atoms with Crippen LogP contribution in [0.5, 0.6) is 0 Å². The molecule has 2 aliphatic rings. The van der Waals surface area contributed by atoms with Crippen LogP contribution in [0.1, 0.15) is 55.7 Å². The first kappa shape index (κ1) is 23.6. The van der Waals surface area contributed by atoms with Crippen molar-refractivity contribution in [1.29, 1.82) is 0 Å². The maximum Gasteiger partial charge on any atom is 0.320 e. The monoisotopic (exact) mass is 449 g/mol. The molecule has 4 rings (SSSR count). The Hall–Kier alpha value is -2.60. The van der Waals surface area contributed by atoms with E-state index >= 15 is 0 Å². The Morgan fingerprint density at radius 2 is 1.82 bits per heavy atom. The zero-order valence-electron chi connectivity index (χ0n) is 20.9. The molecule has 1 aromatic heterocycles. The summed E-state index contributed by atoms with van der Waals surface area (Å²) in [6.07, 6.45) is 7.25. The van der Waals surface area contributed by atoms with E-state index < -0.39 is 6.03 Å². The second-order valence-electron chi connectivity index (χ2n) is 10.7. The van der Waals surface area contributed by atoms with E-state index in [0.29, 0.717) is 12.4 Å². The van der Waals surface area contributed by atoms with Gasteiger partial charge in [0.25, 0.3) is 0 Å². The number of carbonyl (C=O) groups is 1. The molecule has 2 aromatic rings. The average Bonchev–Trinajstić information content (AvgIpc) is 2.72. The van der Waals surface area contributed by atoms with Crippen LogP contribution in [0.25, 0.3) is 0 Å². The van der Waals surface area contributed by atoms with Crippen molar-refractivity contribution in [3.05, 3.63) is 53.2 Å². The number of aromatic nitrogens is 1. The molecule has 1 aliphatic carbocycles. The van der Waals surface area contributed by atoms with Crippen molar-refractivity contribution in [2.24, 2.45) is 11.1 Å². The molecule has 0 bridgehead atoms. The highest BCUT2D eigenvalue weighted by molar-refractivity contribution is 5.90. The van der Waals surface area contributed by atoms with Gasteiger partial charge in [-0.1, -0.05) is 36.8 Å². The van der Waals surface area contributed by atoms with Gasteiger partial charge >= 0.3 is 6.03 Å². The molecular formula is C27H39N5O. The van der Waals surface area contributed by atoms with Crippen LogP contribution in [0.3, 0.4) is 0 Å². The van der Waals surface area contributed by atoms with E-state index in [0.717, 1.165) is 50.0 Å². The molecule has 2 heterocycles. The van der Waals surface area contributed by atoms with Crippen LogP contribution in [0.15, 0.2) is 36.5 Å². The third-order valence-corrected chi connectivity index (χ3v) is 8.01. The molecule has 0 atom stereocenters. The number of pyridine rings is 1. The fraction of sp³-hybridized carbons (Fsp3) is 0.556. The fourth-order valence-corrected chi connectivity index (χ4v) is 5.58. The summed E-state index contributed by atoms with van der Waals surface area (Å²) < 4.78 is 0. The molecule has 6 nitrogen and oxygen atoms in total. The van der Waals surface area contributed by atoms with Crippen molar-refractivity contribution in [1.82, 2.24) is 9.88 Å². The van der Waals surface area contributed by atoms with Crippen LogP contribution < -0.4 is 15.5 Å². The summed E-state index contributed by atoms with van der Waals surface area (Å²) in [6, 6.07) is 10.6. The van der Waals surface area contributed by atoms with E-state index in [9.17, 15) is 4.79 Å². The van der Waals surface area contributed by atoms with Gasteiger partial charge < -0.3 is 10.6 Å². The van der Waals surface area contributed by atoms with Crippen molar-refractivity contribution in [3.63, 3.8) is 0 Å². The summed E-state index contributed by atoms with van der Waals surface area (Å²) in [5, 5.41) is 0. The van der Waals surface area contributed by atoms with Gasteiger partial charge in [-0.3, -0.25) is 9.80 Å². The molecule has 0 unspecified atom stereocenters. The largest absolute Gasteiger partial charge is 0.370 e. The number of carbonyl (C=O) groups excluding carboxylic acids is 1. The number of aryl methyl sites for hydroxylation is 2. The summed E-state index contributed by atoms with van der Waals surface area (Å²) in [5.41, 5.74) is 10.7. The first-order valence-corrected chi connectivity index (χ1v) is 12.2. The van der Waals surface area contributed by atoms with E-state index in [4.69, 9.17) is 5.73 Å². The van der Waals surface area contributed by atoms with E-state index in [-0.39, 0.29) is 11.0 Å². The van der Waals surface area contributed by atoms with E-state index in [1.165, 1.54) is 17.5 Å². The first-order valence-electron chi connectivity index (χ1n) is 12.2. The lowest BCUT2D eigenvalue weighted by molar-refractivity contribution is 0.0458. The van der Waals surface area contributed by atoms with Crippen LogP contribution in [0.2, 0.25) is 0 Å². The highest BCUT2D eigenvalue weighted by Gasteiger charge is 2.44. The maximum atomic E-state index is 12.5. The van der Waals surface area contributed by atoms with Gasteiger partial charge in [-0.25, -0.2) is 9.78 Å². The summed E-state index contributed by atoms with van der Waals surface area (Å²) in [6.45, 7) is 9.23. The second-order valence-corrected chi connectivity index (χ2v) is 10.7. The molecule has 0 spiro atoms. The predicted molar refractivity (Wildman–Crippen MR) is 136 cm³/mol. The number of hydrogen-bond donors (Lipinski definition) is 1. The van der Waals surface area contributed by atoms with Crippen molar-refractivity contribution >= 4 is 17.5 Å². The Balaban J connectivity index is 1.53. The predicted octanol–water partition coefficient (Wildman–Crippen LogP) is 4.83. The van der Waals surface area contributed by atoms with Gasteiger partial charge in [-0.2, -0.15) is 0 Å². The highest BCUT2D eigenvalue weighted by atomic mass is 16.2. The lowest BCUT2D eigenvalue weighted by Crippen LogP contribution is -2.50. The number of primary amides is 1. The van der Waals surface area contributed by atoms with Gasteiger partial charge in [-0.05, 0) is 82.7 Å². The van der Waals surface area contributed by atoms with Gasteiger partial charge in [0.05, 0.1) is 11.9 Å². The third-order valence-electron chi connectivity index (χ3n) is 8.01. The van der Waals surface area contributed by atoms with Crippen molar-refractivity contribution in [2.45, 2.75) is 58.4 Å². The summed E-state index contributed by atoms with van der Waals surface area (Å²) in [4.78, 5) is 23.6. The smallest absolute Gasteiger partial charge is 0.320 e. The molecule has 1 saturated carbocycles. The van der Waals surface area contributed by atoms with Gasteiger partial charge in [-0.15, -0.1) is 0 Å². The molecule has 0 radical (unpaired) electrons. The molecule has 1 saturated heterocycles. The van der Waals surface area contributed by atoms with Crippen molar-refractivity contribution < 1.29 is 4.79 Å². The number of anilines is 2. The van der Waals surface area contributed by atoms with Crippen LogP contribution >= 0.6 is 0 Å². The fourth-order valence-electron chi connectivity index (χ4n) is 5.58. The van der Waals surface area contributed by atoms with Gasteiger partial charge in [0.1, 0.15) is 5.82 Å². The molecule has 33 heavy (non-hydrogen) atoms. The van der Waals surface area contributed by atoms with Crippen molar-refractivity contribution in [2.75, 3.05) is 43.5 Å². The Morgan fingerprint density at radius 3 is 2.33 bits per heavy atom. The minimum absolute atomic E-state index is 0.0113. The first-order chi connectivity index (χ1) is 15.6. The molecule has 1 aromatic carbocycles. The van der Waals surface area contributed by atoms with Crippen LogP contribution in [-0.4, -0.2) is 49.6 Å². The van der Waals surface area contributed by atoms with Crippen molar-refractivity contribution in [3.8, 4) is 0 Å². The summed E-state index contributed by atoms with van der Waals surface area (Å²) in [5.74, 6) is 0.691. The van der Waals surface area contributed by atoms with Crippen LogP contribution in [0.4, 0.5) is 16.3 Å². The number of nitrogens with zero attached hydrogens (tertiary/aromatic N) is 4. The Morgan fingerprint density at radius 1 is 1.12 bits per heavy atom. The molecule has 6 heteroatoms. The molecule has 1 aliphatic heterocycles. The average molecular weight is 450 g/mol. The van der Waals surface area contributed by atoms with Gasteiger partial charge in [0.2, 0.25) is 0 Å². The number of hydrogen-bond acceptors (Lipinski definition) is 4. The standard InChI is InChI=1S/C27H39N5O/c1-20-8-6-9-22(16-20)27(30(4)5)12-10-26(3,11-13-27)19-32(25(28)33)24-21(2)17-23(18-29-24)31-14-7-15-31/h6,8-9,16-18H,7,10-15,19H2,1-5H3,(H2,28,33). The zero-order chi connectivity index (χ0) is 23.8. The maximum absolute atomic E-state index is 12.5. The number of nitrogens with two attached hydrogens (primary N) is 1. The molecule has 178 valence electrons. The molecule has 2 fully saturated rings. The number of amides is 2. The minimum atomic E-state index is -0.424. The highest BCUT2D eigenvalue weighted by Crippen LogP contribution is 2.48. The molecule has 2 amide bonds.